The number of aromatic nitrogens is 4. The molecule has 0 unspecified atom stereocenters. The van der Waals surface area contributed by atoms with Gasteiger partial charge in [0.1, 0.15) is 17.8 Å². The van der Waals surface area contributed by atoms with Crippen LogP contribution >= 0.6 is 0 Å². The number of hydrogen-bond acceptors (Lipinski definition) is 5. The highest BCUT2D eigenvalue weighted by molar-refractivity contribution is 5.93. The minimum atomic E-state index is -0.180. The number of carbonyl (C=O) groups excluding carboxylic acids is 1. The fourth-order valence-electron chi connectivity index (χ4n) is 3.32. The Balaban J connectivity index is 1.62. The fourth-order valence-corrected chi connectivity index (χ4v) is 3.32. The van der Waals surface area contributed by atoms with Gasteiger partial charge in [-0.25, -0.2) is 0 Å². The molecule has 1 amide bonds. The normalized spacial score (nSPS) is 15.1. The third-order valence-corrected chi connectivity index (χ3v) is 5.01. The average Bonchev–Trinajstić information content (AvgIpc) is 3.41. The Bertz CT molecular complexity index is 960. The zero-order valence-corrected chi connectivity index (χ0v) is 15.7. The van der Waals surface area contributed by atoms with Crippen molar-refractivity contribution in [2.24, 2.45) is 5.92 Å². The van der Waals surface area contributed by atoms with Gasteiger partial charge >= 0.3 is 0 Å². The maximum absolute atomic E-state index is 13.0. The first-order valence-corrected chi connectivity index (χ1v) is 9.22. The molecule has 1 atom stereocenters. The van der Waals surface area contributed by atoms with E-state index in [0.29, 0.717) is 17.3 Å². The van der Waals surface area contributed by atoms with Crippen molar-refractivity contribution in [2.75, 3.05) is 7.11 Å². The standard InChI is InChI=1S/C20H23N5O2/c1-12(2)16-10-17(24-25-11-21-23-19(16)25)20(26)22-18(13-4-5-13)14-6-8-15(27-3)9-7-14/h6-13,18H,4-5H2,1-3H3,(H,22,26)/t18-/m0/s1. The zero-order valence-electron chi connectivity index (χ0n) is 15.7. The van der Waals surface area contributed by atoms with Crippen LogP contribution in [0.5, 0.6) is 5.75 Å². The largest absolute Gasteiger partial charge is 0.497 e. The number of nitrogens with zero attached hydrogens (tertiary/aromatic N) is 4. The van der Waals surface area contributed by atoms with Crippen molar-refractivity contribution in [2.45, 2.75) is 38.6 Å². The molecule has 1 saturated carbocycles. The van der Waals surface area contributed by atoms with Gasteiger partial charge in [0.25, 0.3) is 5.91 Å². The van der Waals surface area contributed by atoms with Crippen molar-refractivity contribution in [3.63, 3.8) is 0 Å². The highest BCUT2D eigenvalue weighted by Crippen LogP contribution is 2.41. The van der Waals surface area contributed by atoms with Crippen LogP contribution in [-0.4, -0.2) is 32.8 Å². The summed E-state index contributed by atoms with van der Waals surface area (Å²) in [5.74, 6) is 1.30. The van der Waals surface area contributed by atoms with Gasteiger partial charge in [-0.2, -0.15) is 9.61 Å². The summed E-state index contributed by atoms with van der Waals surface area (Å²) in [4.78, 5) is 13.0. The molecule has 27 heavy (non-hydrogen) atoms. The van der Waals surface area contributed by atoms with Crippen LogP contribution in [0, 0.1) is 5.92 Å². The van der Waals surface area contributed by atoms with Crippen molar-refractivity contribution >= 4 is 11.6 Å². The molecule has 0 spiro atoms. The predicted octanol–water partition coefficient (Wildman–Crippen LogP) is 3.14. The molecule has 140 valence electrons. The monoisotopic (exact) mass is 365 g/mol. The first-order chi connectivity index (χ1) is 13.1. The molecule has 2 heterocycles. The van der Waals surface area contributed by atoms with Crippen molar-refractivity contribution in [1.82, 2.24) is 25.1 Å². The van der Waals surface area contributed by atoms with E-state index in [9.17, 15) is 4.79 Å². The number of nitrogens with one attached hydrogen (secondary N) is 1. The number of hydrogen-bond donors (Lipinski definition) is 1. The van der Waals surface area contributed by atoms with Crippen molar-refractivity contribution < 1.29 is 9.53 Å². The highest BCUT2D eigenvalue weighted by atomic mass is 16.5. The lowest BCUT2D eigenvalue weighted by Gasteiger charge is -2.19. The van der Waals surface area contributed by atoms with Gasteiger partial charge < -0.3 is 10.1 Å². The maximum atomic E-state index is 13.0. The van der Waals surface area contributed by atoms with E-state index in [-0.39, 0.29) is 17.9 Å². The van der Waals surface area contributed by atoms with E-state index >= 15 is 0 Å². The van der Waals surface area contributed by atoms with E-state index in [4.69, 9.17) is 4.74 Å². The van der Waals surface area contributed by atoms with Gasteiger partial charge in [0.05, 0.1) is 13.2 Å². The Morgan fingerprint density at radius 2 is 2.00 bits per heavy atom. The Labute approximate surface area is 157 Å². The Morgan fingerprint density at radius 1 is 1.26 bits per heavy atom. The first kappa shape index (κ1) is 17.5. The average molecular weight is 365 g/mol. The highest BCUT2D eigenvalue weighted by Gasteiger charge is 2.34. The molecule has 7 nitrogen and oxygen atoms in total. The fraction of sp³-hybridized carbons (Fsp3) is 0.400. The van der Waals surface area contributed by atoms with Crippen LogP contribution in [0.4, 0.5) is 0 Å². The van der Waals surface area contributed by atoms with Gasteiger partial charge in [0.2, 0.25) is 0 Å². The van der Waals surface area contributed by atoms with Crippen LogP contribution in [0.15, 0.2) is 36.7 Å². The molecule has 4 rings (SSSR count). The number of fused-ring (bicyclic) bond motifs is 1. The molecule has 7 heteroatoms. The van der Waals surface area contributed by atoms with Crippen LogP contribution < -0.4 is 10.1 Å². The molecule has 1 aliphatic carbocycles. The Morgan fingerprint density at radius 3 is 2.63 bits per heavy atom. The molecule has 2 aromatic heterocycles. The minimum Gasteiger partial charge on any atom is -0.497 e. The molecule has 0 aliphatic heterocycles. The van der Waals surface area contributed by atoms with E-state index in [1.54, 1.807) is 11.6 Å². The maximum Gasteiger partial charge on any atom is 0.272 e. The Hall–Kier alpha value is -2.96. The summed E-state index contributed by atoms with van der Waals surface area (Å²) in [6.07, 6.45) is 3.76. The van der Waals surface area contributed by atoms with Gasteiger partial charge in [-0.3, -0.25) is 4.79 Å². The summed E-state index contributed by atoms with van der Waals surface area (Å²) in [5.41, 5.74) is 3.11. The van der Waals surface area contributed by atoms with Gasteiger partial charge in [0.15, 0.2) is 5.65 Å². The van der Waals surface area contributed by atoms with Gasteiger partial charge in [-0.1, -0.05) is 26.0 Å². The van der Waals surface area contributed by atoms with Crippen molar-refractivity contribution in [3.8, 4) is 5.75 Å². The molecule has 0 bridgehead atoms. The molecule has 1 fully saturated rings. The Kier molecular flexibility index (Phi) is 4.51. The summed E-state index contributed by atoms with van der Waals surface area (Å²) >= 11 is 0. The molecule has 1 aromatic carbocycles. The number of amides is 1. The third kappa shape index (κ3) is 3.49. The molecule has 1 N–H and O–H groups in total. The smallest absolute Gasteiger partial charge is 0.272 e. The second-order valence-electron chi connectivity index (χ2n) is 7.30. The lowest BCUT2D eigenvalue weighted by molar-refractivity contribution is 0.0925. The number of ether oxygens (including phenoxy) is 1. The van der Waals surface area contributed by atoms with Crippen LogP contribution in [0.25, 0.3) is 5.65 Å². The molecule has 0 radical (unpaired) electrons. The predicted molar refractivity (Wildman–Crippen MR) is 101 cm³/mol. The van der Waals surface area contributed by atoms with E-state index in [1.165, 1.54) is 6.33 Å². The second kappa shape index (κ2) is 6.98. The zero-order chi connectivity index (χ0) is 19.0. The minimum absolute atomic E-state index is 0.0238. The van der Waals surface area contributed by atoms with Crippen LogP contribution in [0.2, 0.25) is 0 Å². The number of methoxy groups -OCH3 is 1. The van der Waals surface area contributed by atoms with E-state index in [1.807, 2.05) is 30.3 Å². The lowest BCUT2D eigenvalue weighted by atomic mass is 10.0. The van der Waals surface area contributed by atoms with Crippen LogP contribution in [-0.2, 0) is 0 Å². The van der Waals surface area contributed by atoms with E-state index in [0.717, 1.165) is 29.7 Å². The second-order valence-corrected chi connectivity index (χ2v) is 7.30. The molecule has 1 aliphatic rings. The van der Waals surface area contributed by atoms with Gasteiger partial charge in [0, 0.05) is 5.56 Å². The summed E-state index contributed by atoms with van der Waals surface area (Å²) in [6.45, 7) is 4.13. The summed E-state index contributed by atoms with van der Waals surface area (Å²) in [6, 6.07) is 9.67. The van der Waals surface area contributed by atoms with Crippen LogP contribution in [0.3, 0.4) is 0 Å². The summed E-state index contributed by atoms with van der Waals surface area (Å²) in [7, 11) is 1.65. The summed E-state index contributed by atoms with van der Waals surface area (Å²) in [5, 5.41) is 15.6. The van der Waals surface area contributed by atoms with E-state index in [2.05, 4.69) is 34.5 Å². The van der Waals surface area contributed by atoms with Crippen LogP contribution in [0.1, 0.15) is 60.3 Å². The first-order valence-electron chi connectivity index (χ1n) is 9.22. The quantitative estimate of drug-likeness (QED) is 0.726. The van der Waals surface area contributed by atoms with Crippen molar-refractivity contribution in [3.05, 3.63) is 53.5 Å². The van der Waals surface area contributed by atoms with Gasteiger partial charge in [-0.15, -0.1) is 10.2 Å². The third-order valence-electron chi connectivity index (χ3n) is 5.01. The molecular formula is C20H23N5O2. The summed E-state index contributed by atoms with van der Waals surface area (Å²) < 4.78 is 6.81. The number of rotatable bonds is 6. The van der Waals surface area contributed by atoms with E-state index < -0.39 is 0 Å². The van der Waals surface area contributed by atoms with Crippen molar-refractivity contribution in [1.29, 1.82) is 0 Å². The molecule has 0 saturated heterocycles. The SMILES string of the molecule is COc1ccc([C@@H](NC(=O)c2cc(C(C)C)c3nncn3n2)C2CC2)cc1. The molecule has 3 aromatic rings. The topological polar surface area (TPSA) is 81.4 Å². The number of benzene rings is 1. The lowest BCUT2D eigenvalue weighted by Crippen LogP contribution is -2.31. The molecular weight excluding hydrogens is 342 g/mol. The number of carbonyl (C=O) groups is 1. The van der Waals surface area contributed by atoms with Gasteiger partial charge in [-0.05, 0) is 48.4 Å².